The molecule has 0 fully saturated rings. The number of hydrogen-bond acceptors (Lipinski definition) is 4. The molecule has 6 heteroatoms. The first-order chi connectivity index (χ1) is 14.5. The zero-order valence-electron chi connectivity index (χ0n) is 17.8. The van der Waals surface area contributed by atoms with E-state index in [2.05, 4.69) is 34.6 Å². The lowest BCUT2D eigenvalue weighted by Crippen LogP contribution is -2.48. The van der Waals surface area contributed by atoms with Gasteiger partial charge in [0.05, 0.1) is 18.2 Å². The van der Waals surface area contributed by atoms with Crippen molar-refractivity contribution in [2.75, 3.05) is 19.7 Å². The van der Waals surface area contributed by atoms with Crippen molar-refractivity contribution in [1.82, 2.24) is 15.5 Å². The predicted molar refractivity (Wildman–Crippen MR) is 117 cm³/mol. The molecule has 0 saturated heterocycles. The zero-order chi connectivity index (χ0) is 21.5. The lowest BCUT2D eigenvalue weighted by Gasteiger charge is -2.32. The molecular weight excluding hydrogens is 378 g/mol. The van der Waals surface area contributed by atoms with Gasteiger partial charge in [-0.25, -0.2) is 9.59 Å². The largest absolute Gasteiger partial charge is 0.463 e. The first kappa shape index (κ1) is 21.6. The Morgan fingerprint density at radius 3 is 2.37 bits per heavy atom. The number of aryl methyl sites for hydroxylation is 1. The Hall–Kier alpha value is -3.12. The van der Waals surface area contributed by atoms with E-state index in [0.29, 0.717) is 17.8 Å². The van der Waals surface area contributed by atoms with Crippen LogP contribution >= 0.6 is 0 Å². The molecule has 3 rings (SSSR count). The van der Waals surface area contributed by atoms with Crippen molar-refractivity contribution in [2.24, 2.45) is 0 Å². The molecule has 0 spiro atoms. The summed E-state index contributed by atoms with van der Waals surface area (Å²) >= 11 is 0. The van der Waals surface area contributed by atoms with Crippen molar-refractivity contribution < 1.29 is 14.3 Å². The zero-order valence-corrected chi connectivity index (χ0v) is 17.8. The standard InChI is InChI=1S/C24H29N3O3/c1-4-27(15-18-9-7-6-8-10-18)16-20-21(23(28)30-5-2)22(26-24(29)25-20)19-13-11-17(3)12-14-19/h6-14,22H,4-5,15-16H2,1-3H3,(H2,25,26,29). The Labute approximate surface area is 177 Å². The van der Waals surface area contributed by atoms with Crippen molar-refractivity contribution in [3.63, 3.8) is 0 Å². The Balaban J connectivity index is 1.96. The molecule has 1 aliphatic heterocycles. The van der Waals surface area contributed by atoms with E-state index in [-0.39, 0.29) is 12.6 Å². The van der Waals surface area contributed by atoms with Crippen LogP contribution in [0.4, 0.5) is 4.79 Å². The molecule has 0 radical (unpaired) electrons. The Kier molecular flexibility index (Phi) is 7.25. The van der Waals surface area contributed by atoms with Gasteiger partial charge in [-0.15, -0.1) is 0 Å². The summed E-state index contributed by atoms with van der Waals surface area (Å²) in [5, 5.41) is 5.74. The molecule has 0 aromatic heterocycles. The molecule has 0 aliphatic carbocycles. The van der Waals surface area contributed by atoms with Crippen LogP contribution in [0.3, 0.4) is 0 Å². The molecule has 1 heterocycles. The van der Waals surface area contributed by atoms with Gasteiger partial charge in [0, 0.05) is 18.8 Å². The minimum atomic E-state index is -0.552. The van der Waals surface area contributed by atoms with Gasteiger partial charge in [0.1, 0.15) is 0 Å². The minimum absolute atomic E-state index is 0.270. The van der Waals surface area contributed by atoms with E-state index in [9.17, 15) is 9.59 Å². The molecule has 0 bridgehead atoms. The first-order valence-corrected chi connectivity index (χ1v) is 10.3. The summed E-state index contributed by atoms with van der Waals surface area (Å²) in [5.41, 5.74) is 4.17. The lowest BCUT2D eigenvalue weighted by molar-refractivity contribution is -0.139. The smallest absolute Gasteiger partial charge is 0.338 e. The highest BCUT2D eigenvalue weighted by molar-refractivity contribution is 5.95. The number of hydrogen-bond donors (Lipinski definition) is 2. The van der Waals surface area contributed by atoms with E-state index < -0.39 is 12.0 Å². The van der Waals surface area contributed by atoms with Gasteiger partial charge in [0.25, 0.3) is 0 Å². The molecule has 1 unspecified atom stereocenters. The highest BCUT2D eigenvalue weighted by Gasteiger charge is 2.34. The fourth-order valence-corrected chi connectivity index (χ4v) is 3.55. The van der Waals surface area contributed by atoms with Gasteiger partial charge in [-0.2, -0.15) is 0 Å². The molecule has 158 valence electrons. The summed E-state index contributed by atoms with van der Waals surface area (Å²) < 4.78 is 5.35. The summed E-state index contributed by atoms with van der Waals surface area (Å²) in [4.78, 5) is 27.5. The molecule has 2 aromatic rings. The van der Waals surface area contributed by atoms with Gasteiger partial charge in [-0.1, -0.05) is 67.1 Å². The fourth-order valence-electron chi connectivity index (χ4n) is 3.55. The van der Waals surface area contributed by atoms with Crippen LogP contribution in [0.15, 0.2) is 65.9 Å². The maximum absolute atomic E-state index is 12.9. The SMILES string of the molecule is CCOC(=O)C1=C(CN(CC)Cc2ccccc2)NC(=O)NC1c1ccc(C)cc1. The maximum Gasteiger partial charge on any atom is 0.338 e. The van der Waals surface area contributed by atoms with Crippen molar-refractivity contribution in [3.05, 3.63) is 82.6 Å². The van der Waals surface area contributed by atoms with Crippen LogP contribution in [0.1, 0.15) is 36.6 Å². The maximum atomic E-state index is 12.9. The normalized spacial score (nSPS) is 16.3. The summed E-state index contributed by atoms with van der Waals surface area (Å²) in [6.45, 7) is 8.04. The average Bonchev–Trinajstić information content (AvgIpc) is 2.74. The second-order valence-corrected chi connectivity index (χ2v) is 7.34. The number of nitrogens with zero attached hydrogens (tertiary/aromatic N) is 1. The second kappa shape index (κ2) is 10.1. The van der Waals surface area contributed by atoms with Gasteiger partial charge in [0.2, 0.25) is 0 Å². The summed E-state index contributed by atoms with van der Waals surface area (Å²) in [6.07, 6.45) is 0. The van der Waals surface area contributed by atoms with Crippen LogP contribution < -0.4 is 10.6 Å². The van der Waals surface area contributed by atoms with Crippen LogP contribution in [-0.4, -0.2) is 36.6 Å². The number of carbonyl (C=O) groups is 2. The number of urea groups is 1. The molecule has 0 saturated carbocycles. The van der Waals surface area contributed by atoms with Crippen molar-refractivity contribution in [2.45, 2.75) is 33.4 Å². The highest BCUT2D eigenvalue weighted by atomic mass is 16.5. The molecule has 6 nitrogen and oxygen atoms in total. The number of esters is 1. The Morgan fingerprint density at radius 1 is 1.03 bits per heavy atom. The van der Waals surface area contributed by atoms with Crippen LogP contribution in [0, 0.1) is 6.92 Å². The summed E-state index contributed by atoms with van der Waals surface area (Å²) in [6, 6.07) is 17.1. The third kappa shape index (κ3) is 5.27. The molecular formula is C24H29N3O3. The monoisotopic (exact) mass is 407 g/mol. The summed E-state index contributed by atoms with van der Waals surface area (Å²) in [5.74, 6) is -0.415. The average molecular weight is 408 g/mol. The molecule has 1 aliphatic rings. The van der Waals surface area contributed by atoms with Crippen molar-refractivity contribution in [1.29, 1.82) is 0 Å². The van der Waals surface area contributed by atoms with E-state index in [1.807, 2.05) is 49.4 Å². The quantitative estimate of drug-likeness (QED) is 0.655. The number of nitrogens with one attached hydrogen (secondary N) is 2. The third-order valence-corrected chi connectivity index (χ3v) is 5.14. The van der Waals surface area contributed by atoms with E-state index in [4.69, 9.17) is 4.74 Å². The number of benzene rings is 2. The van der Waals surface area contributed by atoms with Crippen LogP contribution in [0.5, 0.6) is 0 Å². The number of amides is 2. The molecule has 1 atom stereocenters. The van der Waals surface area contributed by atoms with E-state index in [1.54, 1.807) is 6.92 Å². The lowest BCUT2D eigenvalue weighted by atomic mass is 9.94. The van der Waals surface area contributed by atoms with Crippen molar-refractivity contribution in [3.8, 4) is 0 Å². The molecule has 30 heavy (non-hydrogen) atoms. The number of likely N-dealkylation sites (N-methyl/N-ethyl adjacent to an activating group) is 1. The van der Waals surface area contributed by atoms with Crippen LogP contribution in [-0.2, 0) is 16.1 Å². The van der Waals surface area contributed by atoms with E-state index in [1.165, 1.54) is 5.56 Å². The van der Waals surface area contributed by atoms with Gasteiger partial charge in [0.15, 0.2) is 0 Å². The van der Waals surface area contributed by atoms with Gasteiger partial charge in [-0.3, -0.25) is 4.90 Å². The Morgan fingerprint density at radius 2 is 1.73 bits per heavy atom. The van der Waals surface area contributed by atoms with E-state index in [0.717, 1.165) is 24.2 Å². The molecule has 2 aromatic carbocycles. The molecule has 2 N–H and O–H groups in total. The van der Waals surface area contributed by atoms with Crippen molar-refractivity contribution >= 4 is 12.0 Å². The third-order valence-electron chi connectivity index (χ3n) is 5.14. The van der Waals surface area contributed by atoms with Crippen LogP contribution in [0.25, 0.3) is 0 Å². The molecule has 2 amide bonds. The highest BCUT2D eigenvalue weighted by Crippen LogP contribution is 2.28. The predicted octanol–water partition coefficient (Wildman–Crippen LogP) is 3.69. The number of rotatable bonds is 8. The minimum Gasteiger partial charge on any atom is -0.463 e. The summed E-state index contributed by atoms with van der Waals surface area (Å²) in [7, 11) is 0. The fraction of sp³-hybridized carbons (Fsp3) is 0.333. The number of carbonyl (C=O) groups excluding carboxylic acids is 2. The van der Waals surface area contributed by atoms with Crippen LogP contribution in [0.2, 0.25) is 0 Å². The van der Waals surface area contributed by atoms with E-state index >= 15 is 0 Å². The number of ether oxygens (including phenoxy) is 1. The van der Waals surface area contributed by atoms with Gasteiger partial charge in [-0.05, 0) is 31.5 Å². The first-order valence-electron chi connectivity index (χ1n) is 10.3. The Bertz CT molecular complexity index is 907. The topological polar surface area (TPSA) is 70.7 Å². The van der Waals surface area contributed by atoms with Gasteiger partial charge >= 0.3 is 12.0 Å². The second-order valence-electron chi connectivity index (χ2n) is 7.34. The van der Waals surface area contributed by atoms with Gasteiger partial charge < -0.3 is 15.4 Å².